The fraction of sp³-hybridized carbons (Fsp3) is 1.00. The van der Waals surface area contributed by atoms with Crippen LogP contribution >= 0.6 is 0 Å². The standard InChI is InChI=1S/C8H14F2/c9-6-5-7-3-1-2-4-8(7)10/h7-8H,1-6H2. The topological polar surface area (TPSA) is 0 Å². The van der Waals surface area contributed by atoms with Gasteiger partial charge in [-0.2, -0.15) is 0 Å². The van der Waals surface area contributed by atoms with Crippen molar-refractivity contribution >= 4 is 0 Å². The second kappa shape index (κ2) is 3.89. The van der Waals surface area contributed by atoms with E-state index < -0.39 is 6.17 Å². The molecule has 0 aromatic rings. The van der Waals surface area contributed by atoms with Gasteiger partial charge in [-0.15, -0.1) is 0 Å². The normalized spacial score (nSPS) is 34.2. The highest BCUT2D eigenvalue weighted by Gasteiger charge is 2.23. The van der Waals surface area contributed by atoms with E-state index in [0.29, 0.717) is 12.8 Å². The highest BCUT2D eigenvalue weighted by molar-refractivity contribution is 4.74. The first-order valence-electron chi connectivity index (χ1n) is 4.04. The van der Waals surface area contributed by atoms with Crippen molar-refractivity contribution in [2.45, 2.75) is 38.3 Å². The fourth-order valence-electron chi connectivity index (χ4n) is 1.63. The number of hydrogen-bond donors (Lipinski definition) is 0. The van der Waals surface area contributed by atoms with E-state index in [1.807, 2.05) is 0 Å². The number of halogens is 2. The van der Waals surface area contributed by atoms with Crippen molar-refractivity contribution in [3.8, 4) is 0 Å². The van der Waals surface area contributed by atoms with Crippen molar-refractivity contribution in [2.24, 2.45) is 5.92 Å². The van der Waals surface area contributed by atoms with E-state index in [4.69, 9.17) is 0 Å². The zero-order chi connectivity index (χ0) is 7.40. The second-order valence-corrected chi connectivity index (χ2v) is 3.04. The quantitative estimate of drug-likeness (QED) is 0.564. The van der Waals surface area contributed by atoms with E-state index in [0.717, 1.165) is 19.3 Å². The van der Waals surface area contributed by atoms with Gasteiger partial charge >= 0.3 is 0 Å². The van der Waals surface area contributed by atoms with Gasteiger partial charge in [0.25, 0.3) is 0 Å². The minimum Gasteiger partial charge on any atom is -0.251 e. The highest BCUT2D eigenvalue weighted by Crippen LogP contribution is 2.29. The summed E-state index contributed by atoms with van der Waals surface area (Å²) in [5, 5.41) is 0. The van der Waals surface area contributed by atoms with Gasteiger partial charge in [-0.05, 0) is 25.2 Å². The number of hydrogen-bond acceptors (Lipinski definition) is 0. The van der Waals surface area contributed by atoms with Gasteiger partial charge in [-0.3, -0.25) is 4.39 Å². The van der Waals surface area contributed by atoms with Crippen LogP contribution < -0.4 is 0 Å². The summed E-state index contributed by atoms with van der Waals surface area (Å²) in [7, 11) is 0. The summed E-state index contributed by atoms with van der Waals surface area (Å²) < 4.78 is 24.7. The van der Waals surface area contributed by atoms with E-state index in [1.165, 1.54) is 0 Å². The van der Waals surface area contributed by atoms with Crippen LogP contribution in [-0.2, 0) is 0 Å². The summed E-state index contributed by atoms with van der Waals surface area (Å²) in [5.74, 6) is 0.0266. The monoisotopic (exact) mass is 148 g/mol. The fourth-order valence-corrected chi connectivity index (χ4v) is 1.63. The van der Waals surface area contributed by atoms with E-state index in [1.54, 1.807) is 0 Å². The predicted molar refractivity (Wildman–Crippen MR) is 37.4 cm³/mol. The van der Waals surface area contributed by atoms with Crippen molar-refractivity contribution in [2.75, 3.05) is 6.67 Å². The Morgan fingerprint density at radius 2 is 1.90 bits per heavy atom. The molecule has 0 aromatic heterocycles. The number of alkyl halides is 2. The van der Waals surface area contributed by atoms with Crippen LogP contribution in [0.15, 0.2) is 0 Å². The molecule has 1 fully saturated rings. The molecule has 60 valence electrons. The molecule has 0 nitrogen and oxygen atoms in total. The Hall–Kier alpha value is -0.140. The summed E-state index contributed by atoms with van der Waals surface area (Å²) in [6.07, 6.45) is 3.34. The molecule has 0 N–H and O–H groups in total. The lowest BCUT2D eigenvalue weighted by Gasteiger charge is -2.24. The first-order valence-corrected chi connectivity index (χ1v) is 4.04. The van der Waals surface area contributed by atoms with Crippen molar-refractivity contribution in [1.29, 1.82) is 0 Å². The van der Waals surface area contributed by atoms with Crippen LogP contribution in [0, 0.1) is 5.92 Å². The van der Waals surface area contributed by atoms with Crippen LogP contribution in [0.3, 0.4) is 0 Å². The van der Waals surface area contributed by atoms with Crippen LogP contribution in [0.1, 0.15) is 32.1 Å². The van der Waals surface area contributed by atoms with Gasteiger partial charge in [-0.1, -0.05) is 12.8 Å². The zero-order valence-electron chi connectivity index (χ0n) is 6.15. The van der Waals surface area contributed by atoms with E-state index in [9.17, 15) is 8.78 Å². The van der Waals surface area contributed by atoms with E-state index in [2.05, 4.69) is 0 Å². The van der Waals surface area contributed by atoms with E-state index in [-0.39, 0.29) is 12.6 Å². The smallest absolute Gasteiger partial charge is 0.103 e. The Labute approximate surface area is 60.6 Å². The van der Waals surface area contributed by atoms with Gasteiger partial charge in [0.1, 0.15) is 6.17 Å². The summed E-state index contributed by atoms with van der Waals surface area (Å²) in [5.41, 5.74) is 0. The first-order chi connectivity index (χ1) is 4.84. The van der Waals surface area contributed by atoms with Crippen molar-refractivity contribution in [1.82, 2.24) is 0 Å². The van der Waals surface area contributed by atoms with Gasteiger partial charge in [0, 0.05) is 0 Å². The van der Waals surface area contributed by atoms with E-state index >= 15 is 0 Å². The average Bonchev–Trinajstić information content (AvgIpc) is 1.94. The highest BCUT2D eigenvalue weighted by atomic mass is 19.1. The molecule has 0 aliphatic heterocycles. The van der Waals surface area contributed by atoms with Crippen molar-refractivity contribution < 1.29 is 8.78 Å². The summed E-state index contributed by atoms with van der Waals surface area (Å²) in [6, 6.07) is 0. The molecule has 1 saturated carbocycles. The molecule has 1 rings (SSSR count). The predicted octanol–water partition coefficient (Wildman–Crippen LogP) is 2.87. The molecule has 10 heavy (non-hydrogen) atoms. The lowest BCUT2D eigenvalue weighted by molar-refractivity contribution is 0.149. The molecule has 0 radical (unpaired) electrons. The lowest BCUT2D eigenvalue weighted by atomic mass is 9.86. The summed E-state index contributed by atoms with van der Waals surface area (Å²) in [4.78, 5) is 0. The van der Waals surface area contributed by atoms with Crippen LogP contribution in [-0.4, -0.2) is 12.8 Å². The maximum absolute atomic E-state index is 12.9. The molecule has 2 heteroatoms. The first kappa shape index (κ1) is 7.96. The van der Waals surface area contributed by atoms with Crippen molar-refractivity contribution in [3.63, 3.8) is 0 Å². The summed E-state index contributed by atoms with van der Waals surface area (Å²) >= 11 is 0. The molecule has 0 heterocycles. The van der Waals surface area contributed by atoms with Gasteiger partial charge in [0.05, 0.1) is 6.67 Å². The van der Waals surface area contributed by atoms with Crippen LogP contribution in [0.25, 0.3) is 0 Å². The molecule has 0 aromatic carbocycles. The van der Waals surface area contributed by atoms with Gasteiger partial charge in [-0.25, -0.2) is 4.39 Å². The Morgan fingerprint density at radius 3 is 2.50 bits per heavy atom. The second-order valence-electron chi connectivity index (χ2n) is 3.04. The molecular weight excluding hydrogens is 134 g/mol. The Bertz CT molecular complexity index is 91.3. The third-order valence-corrected chi connectivity index (χ3v) is 2.30. The van der Waals surface area contributed by atoms with Gasteiger partial charge in [0.15, 0.2) is 0 Å². The molecule has 1 aliphatic carbocycles. The minimum absolute atomic E-state index is 0.0266. The maximum Gasteiger partial charge on any atom is 0.103 e. The minimum atomic E-state index is -0.718. The third-order valence-electron chi connectivity index (χ3n) is 2.30. The maximum atomic E-state index is 12.9. The van der Waals surface area contributed by atoms with Crippen LogP contribution in [0.4, 0.5) is 8.78 Å². The van der Waals surface area contributed by atoms with Gasteiger partial charge < -0.3 is 0 Å². The molecule has 2 atom stereocenters. The molecule has 0 saturated heterocycles. The molecular formula is C8H14F2. The largest absolute Gasteiger partial charge is 0.251 e. The summed E-state index contributed by atoms with van der Waals surface area (Å²) in [6.45, 7) is -0.356. The molecule has 2 unspecified atom stereocenters. The molecule has 1 aliphatic rings. The molecule has 0 spiro atoms. The molecule has 0 bridgehead atoms. The zero-order valence-corrected chi connectivity index (χ0v) is 6.15. The lowest BCUT2D eigenvalue weighted by Crippen LogP contribution is -2.20. The molecule has 0 amide bonds. The Kier molecular flexibility index (Phi) is 3.10. The van der Waals surface area contributed by atoms with Gasteiger partial charge in [0.2, 0.25) is 0 Å². The third kappa shape index (κ3) is 1.93. The van der Waals surface area contributed by atoms with Crippen LogP contribution in [0.5, 0.6) is 0 Å². The average molecular weight is 148 g/mol. The Morgan fingerprint density at radius 1 is 1.20 bits per heavy atom. The SMILES string of the molecule is FCCC1CCCCC1F. The van der Waals surface area contributed by atoms with Crippen molar-refractivity contribution in [3.05, 3.63) is 0 Å². The Balaban J connectivity index is 2.25. The number of rotatable bonds is 2. The van der Waals surface area contributed by atoms with Crippen LogP contribution in [0.2, 0.25) is 0 Å².